The van der Waals surface area contributed by atoms with Crippen LogP contribution in [0.1, 0.15) is 55.4 Å². The van der Waals surface area contributed by atoms with Crippen LogP contribution in [0.4, 0.5) is 10.5 Å². The lowest BCUT2D eigenvalue weighted by molar-refractivity contribution is 0.0779. The number of furan rings is 1. The number of hydrogen-bond donors (Lipinski definition) is 4. The largest absolute Gasteiger partial charge is 0.452 e. The van der Waals surface area contributed by atoms with E-state index in [1.54, 1.807) is 13.8 Å². The van der Waals surface area contributed by atoms with Gasteiger partial charge < -0.3 is 14.8 Å². The number of rotatable bonds is 6. The Hall–Kier alpha value is -2.32. The molecule has 7 nitrogen and oxygen atoms in total. The molecule has 0 bridgehead atoms. The Morgan fingerprint density at radius 3 is 2.76 bits per heavy atom. The lowest BCUT2D eigenvalue weighted by Gasteiger charge is -2.17. The van der Waals surface area contributed by atoms with E-state index in [2.05, 4.69) is 22.2 Å². The summed E-state index contributed by atoms with van der Waals surface area (Å²) in [5.74, 6) is 0.668. The molecule has 1 saturated carbocycles. The average molecular weight is 418 g/mol. The molecule has 1 atom stereocenters. The second-order valence-electron chi connectivity index (χ2n) is 8.56. The summed E-state index contributed by atoms with van der Waals surface area (Å²) >= 11 is 0. The maximum absolute atomic E-state index is 12.8. The van der Waals surface area contributed by atoms with E-state index in [-0.39, 0.29) is 5.09 Å². The summed E-state index contributed by atoms with van der Waals surface area (Å²) in [7, 11) is -3.70. The normalized spacial score (nSPS) is 18.2. The molecule has 1 aromatic carbocycles. The van der Waals surface area contributed by atoms with Crippen LogP contribution in [0.15, 0.2) is 34.0 Å². The molecule has 2 aromatic rings. The van der Waals surface area contributed by atoms with Crippen LogP contribution in [0.5, 0.6) is 0 Å². The van der Waals surface area contributed by atoms with Gasteiger partial charge in [0.15, 0.2) is 9.92 Å². The lowest BCUT2D eigenvalue weighted by Crippen LogP contribution is -2.34. The highest BCUT2D eigenvalue weighted by Gasteiger charge is 2.27. The summed E-state index contributed by atoms with van der Waals surface area (Å²) in [6, 6.07) is 4.88. The molecular weight excluding hydrogens is 390 g/mol. The highest BCUT2D eigenvalue weighted by atomic mass is 32.2. The molecule has 29 heavy (non-hydrogen) atoms. The predicted octanol–water partition coefficient (Wildman–Crippen LogP) is 4.09. The molecular formula is C21H27N3O4S. The Bertz CT molecular complexity index is 1050. The first kappa shape index (κ1) is 20.0. The molecule has 2 amide bonds. The minimum absolute atomic E-state index is 0.193. The molecule has 0 aliphatic heterocycles. The van der Waals surface area contributed by atoms with Gasteiger partial charge in [-0.3, -0.25) is 0 Å². The highest BCUT2D eigenvalue weighted by molar-refractivity contribution is 7.91. The number of nitrogens with one attached hydrogen (secondary N) is 3. The van der Waals surface area contributed by atoms with Gasteiger partial charge in [0.05, 0.1) is 11.9 Å². The van der Waals surface area contributed by atoms with E-state index in [1.807, 2.05) is 0 Å². The van der Waals surface area contributed by atoms with Crippen LogP contribution >= 0.6 is 0 Å². The first-order chi connectivity index (χ1) is 13.6. The van der Waals surface area contributed by atoms with Gasteiger partial charge in [0.2, 0.25) is 5.09 Å². The predicted molar refractivity (Wildman–Crippen MR) is 110 cm³/mol. The Morgan fingerprint density at radius 2 is 2.10 bits per heavy atom. The maximum atomic E-state index is 12.8. The second-order valence-corrected chi connectivity index (χ2v) is 10.3. The molecule has 0 saturated heterocycles. The fourth-order valence-electron chi connectivity index (χ4n) is 3.78. The molecule has 1 aromatic heterocycles. The fourth-order valence-corrected chi connectivity index (χ4v) is 4.67. The third kappa shape index (κ3) is 4.33. The number of fused-ring (bicyclic) bond motifs is 1. The van der Waals surface area contributed by atoms with Crippen LogP contribution in [0.3, 0.4) is 0 Å². The number of amides is 2. The minimum Gasteiger partial charge on any atom is -0.452 e. The molecule has 4 rings (SSSR count). The Morgan fingerprint density at radius 1 is 1.34 bits per heavy atom. The number of carbonyl (C=O) groups excluding carboxylic acids is 1. The van der Waals surface area contributed by atoms with Gasteiger partial charge >= 0.3 is 6.03 Å². The smallest absolute Gasteiger partial charge is 0.332 e. The van der Waals surface area contributed by atoms with Crippen molar-refractivity contribution in [1.29, 1.82) is 4.78 Å². The van der Waals surface area contributed by atoms with Crippen LogP contribution in [-0.2, 0) is 34.8 Å². The van der Waals surface area contributed by atoms with Gasteiger partial charge in [-0.15, -0.1) is 0 Å². The van der Waals surface area contributed by atoms with E-state index >= 15 is 0 Å². The standard InChI is InChI=1S/C21H27N3O4S/c1-21(2,26)16-11-18(28-12-16)29(22,27)24-20(25)23-19-15(10-13-6-7-13)9-8-14-4-3-5-17(14)19/h8-9,11-13,26H,3-7,10H2,1-2H3,(H3,22,23,24,25,27). The van der Waals surface area contributed by atoms with E-state index in [9.17, 15) is 14.1 Å². The van der Waals surface area contributed by atoms with Crippen LogP contribution in [0.25, 0.3) is 0 Å². The van der Waals surface area contributed by atoms with Gasteiger partial charge in [0.25, 0.3) is 0 Å². The van der Waals surface area contributed by atoms with Crippen LogP contribution in [0, 0.1) is 10.7 Å². The molecule has 156 valence electrons. The third-order valence-corrected chi connectivity index (χ3v) is 6.87. The molecule has 2 aliphatic carbocycles. The molecule has 1 fully saturated rings. The molecule has 0 radical (unpaired) electrons. The Kier molecular flexibility index (Phi) is 4.94. The summed E-state index contributed by atoms with van der Waals surface area (Å²) in [5, 5.41) is 12.7. The summed E-state index contributed by atoms with van der Waals surface area (Å²) in [4.78, 5) is 12.6. The molecule has 2 aliphatic rings. The van der Waals surface area contributed by atoms with Gasteiger partial charge in [-0.1, -0.05) is 12.1 Å². The Balaban J connectivity index is 1.54. The van der Waals surface area contributed by atoms with Crippen LogP contribution in [-0.4, -0.2) is 15.3 Å². The SMILES string of the molecule is CC(C)(O)c1coc(S(=N)(=O)NC(=O)Nc2c(CC3CC3)ccc3c2CCC3)c1. The summed E-state index contributed by atoms with van der Waals surface area (Å²) in [6.45, 7) is 3.12. The van der Waals surface area contributed by atoms with Crippen molar-refractivity contribution in [2.24, 2.45) is 5.92 Å². The monoisotopic (exact) mass is 417 g/mol. The van der Waals surface area contributed by atoms with E-state index < -0.39 is 21.5 Å². The zero-order valence-corrected chi connectivity index (χ0v) is 17.5. The zero-order valence-electron chi connectivity index (χ0n) is 16.7. The van der Waals surface area contributed by atoms with Crippen molar-refractivity contribution in [2.75, 3.05) is 5.32 Å². The minimum atomic E-state index is -3.70. The van der Waals surface area contributed by atoms with Crippen molar-refractivity contribution < 1.29 is 18.5 Å². The van der Waals surface area contributed by atoms with Crippen molar-refractivity contribution in [2.45, 2.75) is 63.1 Å². The van der Waals surface area contributed by atoms with Gasteiger partial charge in [-0.2, -0.15) is 0 Å². The van der Waals surface area contributed by atoms with Crippen LogP contribution < -0.4 is 10.0 Å². The van der Waals surface area contributed by atoms with Crippen molar-refractivity contribution in [3.05, 3.63) is 46.7 Å². The van der Waals surface area contributed by atoms with Crippen molar-refractivity contribution in [3.8, 4) is 0 Å². The van der Waals surface area contributed by atoms with E-state index in [4.69, 9.17) is 9.20 Å². The van der Waals surface area contributed by atoms with Crippen molar-refractivity contribution >= 4 is 21.6 Å². The number of carbonyl (C=O) groups is 1. The highest BCUT2D eigenvalue weighted by Crippen LogP contribution is 2.38. The van der Waals surface area contributed by atoms with E-state index in [1.165, 1.54) is 30.7 Å². The van der Waals surface area contributed by atoms with Crippen LogP contribution in [0.2, 0.25) is 0 Å². The quantitative estimate of drug-likeness (QED) is 0.566. The molecule has 0 spiro atoms. The first-order valence-corrected chi connectivity index (χ1v) is 11.5. The van der Waals surface area contributed by atoms with Gasteiger partial charge in [-0.05, 0) is 75.0 Å². The van der Waals surface area contributed by atoms with Gasteiger partial charge in [0.1, 0.15) is 0 Å². The first-order valence-electron chi connectivity index (χ1n) is 9.96. The van der Waals surface area contributed by atoms with Crippen molar-refractivity contribution in [3.63, 3.8) is 0 Å². The molecule has 1 unspecified atom stereocenters. The lowest BCUT2D eigenvalue weighted by atomic mass is 9.99. The molecule has 8 heteroatoms. The van der Waals surface area contributed by atoms with E-state index in [0.717, 1.165) is 42.5 Å². The summed E-state index contributed by atoms with van der Waals surface area (Å²) < 4.78 is 28.3. The molecule has 4 N–H and O–H groups in total. The fraction of sp³-hybridized carbons (Fsp3) is 0.476. The van der Waals surface area contributed by atoms with E-state index in [0.29, 0.717) is 11.5 Å². The number of hydrogen-bond acceptors (Lipinski definition) is 5. The summed E-state index contributed by atoms with van der Waals surface area (Å²) in [5.41, 5.74) is 3.49. The van der Waals surface area contributed by atoms with Gasteiger partial charge in [0, 0.05) is 17.3 Å². The second kappa shape index (κ2) is 7.18. The van der Waals surface area contributed by atoms with Gasteiger partial charge in [-0.25, -0.2) is 18.5 Å². The zero-order chi connectivity index (χ0) is 20.8. The number of benzene rings is 1. The number of anilines is 1. The average Bonchev–Trinajstić information content (AvgIpc) is 3.11. The number of aliphatic hydroxyl groups is 1. The van der Waals surface area contributed by atoms with Crippen molar-refractivity contribution in [1.82, 2.24) is 4.72 Å². The Labute approximate surface area is 171 Å². The number of urea groups is 1. The topological polar surface area (TPSA) is 115 Å². The molecule has 1 heterocycles. The number of aryl methyl sites for hydroxylation is 1. The third-order valence-electron chi connectivity index (χ3n) is 5.61. The summed E-state index contributed by atoms with van der Waals surface area (Å²) in [6.07, 6.45) is 7.56. The maximum Gasteiger partial charge on any atom is 0.332 e.